The SMILES string of the molecule is Cc1c(C(=O)Nc2cccc(N3CCCC3=O)c2)sc2ncn(C)c(=O)c12. The van der Waals surface area contributed by atoms with E-state index < -0.39 is 0 Å². The van der Waals surface area contributed by atoms with E-state index in [9.17, 15) is 14.4 Å². The summed E-state index contributed by atoms with van der Waals surface area (Å²) in [5.74, 6) is -0.191. The molecule has 7 nitrogen and oxygen atoms in total. The van der Waals surface area contributed by atoms with Gasteiger partial charge in [-0.25, -0.2) is 4.98 Å². The van der Waals surface area contributed by atoms with Crippen LogP contribution in [0.2, 0.25) is 0 Å². The van der Waals surface area contributed by atoms with Crippen molar-refractivity contribution in [2.45, 2.75) is 19.8 Å². The lowest BCUT2D eigenvalue weighted by molar-refractivity contribution is -0.117. The van der Waals surface area contributed by atoms with Crippen LogP contribution in [-0.2, 0) is 11.8 Å². The number of hydrogen-bond acceptors (Lipinski definition) is 5. The fourth-order valence-corrected chi connectivity index (χ4v) is 4.32. The molecule has 1 fully saturated rings. The zero-order valence-electron chi connectivity index (χ0n) is 15.0. The molecule has 1 aliphatic heterocycles. The summed E-state index contributed by atoms with van der Waals surface area (Å²) in [6.07, 6.45) is 2.86. The minimum atomic E-state index is -0.289. The molecule has 0 spiro atoms. The Bertz CT molecular complexity index is 1130. The van der Waals surface area contributed by atoms with E-state index in [1.165, 1.54) is 22.2 Å². The van der Waals surface area contributed by atoms with E-state index in [1.807, 2.05) is 12.1 Å². The predicted octanol–water partition coefficient (Wildman–Crippen LogP) is 2.68. The number of benzene rings is 1. The van der Waals surface area contributed by atoms with Crippen LogP contribution in [0.1, 0.15) is 28.1 Å². The molecule has 0 bridgehead atoms. The van der Waals surface area contributed by atoms with Gasteiger partial charge in [-0.3, -0.25) is 14.4 Å². The third-order valence-electron chi connectivity index (χ3n) is 4.71. The number of thiophene rings is 1. The number of carbonyl (C=O) groups excluding carboxylic acids is 2. The second-order valence-electron chi connectivity index (χ2n) is 6.55. The van der Waals surface area contributed by atoms with Crippen LogP contribution in [0.15, 0.2) is 35.4 Å². The Morgan fingerprint density at radius 1 is 1.30 bits per heavy atom. The topological polar surface area (TPSA) is 84.3 Å². The second-order valence-corrected chi connectivity index (χ2v) is 7.55. The molecule has 1 aliphatic rings. The monoisotopic (exact) mass is 382 g/mol. The fourth-order valence-electron chi connectivity index (χ4n) is 3.29. The van der Waals surface area contributed by atoms with E-state index in [-0.39, 0.29) is 17.4 Å². The van der Waals surface area contributed by atoms with Crippen LogP contribution in [0, 0.1) is 6.92 Å². The van der Waals surface area contributed by atoms with E-state index in [0.29, 0.717) is 39.3 Å². The minimum absolute atomic E-state index is 0.0979. The number of nitrogens with one attached hydrogen (secondary N) is 1. The lowest BCUT2D eigenvalue weighted by Crippen LogP contribution is -2.23. The summed E-state index contributed by atoms with van der Waals surface area (Å²) < 4.78 is 1.40. The van der Waals surface area contributed by atoms with Crippen LogP contribution in [0.4, 0.5) is 11.4 Å². The Labute approximate surface area is 159 Å². The second kappa shape index (κ2) is 6.62. The molecule has 27 heavy (non-hydrogen) atoms. The average Bonchev–Trinajstić information content (AvgIpc) is 3.22. The number of hydrogen-bond donors (Lipinski definition) is 1. The minimum Gasteiger partial charge on any atom is -0.321 e. The Kier molecular flexibility index (Phi) is 4.27. The van der Waals surface area contributed by atoms with E-state index in [2.05, 4.69) is 10.3 Å². The largest absolute Gasteiger partial charge is 0.321 e. The lowest BCUT2D eigenvalue weighted by Gasteiger charge is -2.16. The van der Waals surface area contributed by atoms with Gasteiger partial charge >= 0.3 is 0 Å². The Hall–Kier alpha value is -3.00. The number of rotatable bonds is 3. The molecule has 0 unspecified atom stereocenters. The highest BCUT2D eigenvalue weighted by molar-refractivity contribution is 7.20. The molecule has 1 saturated heterocycles. The smallest absolute Gasteiger partial charge is 0.266 e. The number of aromatic nitrogens is 2. The van der Waals surface area contributed by atoms with Crippen molar-refractivity contribution in [1.82, 2.24) is 9.55 Å². The quantitative estimate of drug-likeness (QED) is 0.755. The van der Waals surface area contributed by atoms with Gasteiger partial charge in [-0.1, -0.05) is 6.07 Å². The number of amides is 2. The maximum absolute atomic E-state index is 12.8. The molecular weight excluding hydrogens is 364 g/mol. The summed E-state index contributed by atoms with van der Waals surface area (Å²) in [6.45, 7) is 2.46. The summed E-state index contributed by atoms with van der Waals surface area (Å²) >= 11 is 1.20. The first kappa shape index (κ1) is 17.4. The number of anilines is 2. The van der Waals surface area contributed by atoms with E-state index >= 15 is 0 Å². The molecule has 2 aromatic heterocycles. The van der Waals surface area contributed by atoms with Gasteiger partial charge in [0.05, 0.1) is 16.6 Å². The van der Waals surface area contributed by atoms with Crippen LogP contribution < -0.4 is 15.8 Å². The van der Waals surface area contributed by atoms with Gasteiger partial charge in [-0.15, -0.1) is 11.3 Å². The lowest BCUT2D eigenvalue weighted by atomic mass is 10.2. The highest BCUT2D eigenvalue weighted by Gasteiger charge is 2.23. The fraction of sp³-hybridized carbons (Fsp3) is 0.263. The van der Waals surface area contributed by atoms with Crippen molar-refractivity contribution in [1.29, 1.82) is 0 Å². The van der Waals surface area contributed by atoms with Crippen molar-refractivity contribution in [3.8, 4) is 0 Å². The van der Waals surface area contributed by atoms with Gasteiger partial charge < -0.3 is 14.8 Å². The van der Waals surface area contributed by atoms with E-state index in [4.69, 9.17) is 0 Å². The third-order valence-corrected chi connectivity index (χ3v) is 5.90. The summed E-state index contributed by atoms with van der Waals surface area (Å²) in [4.78, 5) is 44.0. The van der Waals surface area contributed by atoms with E-state index in [1.54, 1.807) is 31.0 Å². The Morgan fingerprint density at radius 2 is 2.11 bits per heavy atom. The molecule has 4 rings (SSSR count). The molecule has 1 N–H and O–H groups in total. The van der Waals surface area contributed by atoms with E-state index in [0.717, 1.165) is 12.1 Å². The molecule has 0 atom stereocenters. The molecule has 2 amide bonds. The van der Waals surface area contributed by atoms with Gasteiger partial charge in [0.2, 0.25) is 5.91 Å². The normalized spacial score (nSPS) is 14.1. The van der Waals surface area contributed by atoms with Gasteiger partial charge in [-0.2, -0.15) is 0 Å². The van der Waals surface area contributed by atoms with Crippen LogP contribution in [0.3, 0.4) is 0 Å². The maximum Gasteiger partial charge on any atom is 0.266 e. The number of carbonyl (C=O) groups is 2. The number of aryl methyl sites for hydroxylation is 2. The summed E-state index contributed by atoms with van der Waals surface area (Å²) in [6, 6.07) is 7.24. The maximum atomic E-state index is 12.8. The van der Waals surface area contributed by atoms with Crippen molar-refractivity contribution >= 4 is 44.7 Å². The van der Waals surface area contributed by atoms with Crippen molar-refractivity contribution in [2.75, 3.05) is 16.8 Å². The van der Waals surface area contributed by atoms with Crippen LogP contribution in [-0.4, -0.2) is 27.9 Å². The first-order chi connectivity index (χ1) is 13.0. The third kappa shape index (κ3) is 3.02. The summed E-state index contributed by atoms with van der Waals surface area (Å²) in [5, 5.41) is 3.35. The molecular formula is C19H18N4O3S. The van der Waals surface area contributed by atoms with Crippen molar-refractivity contribution in [3.05, 3.63) is 51.4 Å². The molecule has 138 valence electrons. The van der Waals surface area contributed by atoms with Crippen molar-refractivity contribution in [2.24, 2.45) is 7.05 Å². The molecule has 0 radical (unpaired) electrons. The Morgan fingerprint density at radius 3 is 2.85 bits per heavy atom. The van der Waals surface area contributed by atoms with Gasteiger partial charge in [0.15, 0.2) is 0 Å². The number of fused-ring (bicyclic) bond motifs is 1. The first-order valence-electron chi connectivity index (χ1n) is 8.62. The van der Waals surface area contributed by atoms with Gasteiger partial charge in [-0.05, 0) is 37.1 Å². The highest BCUT2D eigenvalue weighted by Crippen LogP contribution is 2.29. The standard InChI is InChI=1S/C19H18N4O3S/c1-11-15-18(20-10-22(2)19(15)26)27-16(11)17(25)21-12-5-3-6-13(9-12)23-8-4-7-14(23)24/h3,5-6,9-10H,4,7-8H2,1-2H3,(H,21,25). The van der Waals surface area contributed by atoms with Crippen molar-refractivity contribution in [3.63, 3.8) is 0 Å². The van der Waals surface area contributed by atoms with Gasteiger partial charge in [0.1, 0.15) is 4.83 Å². The van der Waals surface area contributed by atoms with Gasteiger partial charge in [0, 0.05) is 31.4 Å². The zero-order chi connectivity index (χ0) is 19.1. The first-order valence-corrected chi connectivity index (χ1v) is 9.44. The van der Waals surface area contributed by atoms with Crippen LogP contribution in [0.25, 0.3) is 10.2 Å². The molecule has 3 heterocycles. The molecule has 3 aromatic rings. The van der Waals surface area contributed by atoms with Crippen LogP contribution >= 0.6 is 11.3 Å². The highest BCUT2D eigenvalue weighted by atomic mass is 32.1. The van der Waals surface area contributed by atoms with Crippen molar-refractivity contribution < 1.29 is 9.59 Å². The number of nitrogens with zero attached hydrogens (tertiary/aromatic N) is 3. The molecule has 0 aliphatic carbocycles. The van der Waals surface area contributed by atoms with Crippen LogP contribution in [0.5, 0.6) is 0 Å². The zero-order valence-corrected chi connectivity index (χ0v) is 15.8. The molecule has 8 heteroatoms. The summed E-state index contributed by atoms with van der Waals surface area (Å²) in [7, 11) is 1.64. The average molecular weight is 382 g/mol. The molecule has 1 aromatic carbocycles. The summed E-state index contributed by atoms with van der Waals surface area (Å²) in [5.41, 5.74) is 1.85. The van der Waals surface area contributed by atoms with Gasteiger partial charge in [0.25, 0.3) is 11.5 Å². The Balaban J connectivity index is 1.64. The predicted molar refractivity (Wildman–Crippen MR) is 106 cm³/mol. The molecule has 0 saturated carbocycles.